The Labute approximate surface area is 122 Å². The maximum atomic E-state index is 2.76. The van der Waals surface area contributed by atoms with Gasteiger partial charge >= 0.3 is 0 Å². The number of nitrogens with zero attached hydrogens (tertiary/aromatic N) is 1. The van der Waals surface area contributed by atoms with Crippen molar-refractivity contribution in [1.29, 1.82) is 0 Å². The molecule has 1 rings (SSSR count). The zero-order valence-corrected chi connectivity index (χ0v) is 14.0. The number of likely N-dealkylation sites (tertiary alicyclic amines) is 1. The molecule has 0 aliphatic carbocycles. The van der Waals surface area contributed by atoms with Crippen molar-refractivity contribution < 1.29 is 0 Å². The Balaban J connectivity index is 2.21. The fourth-order valence-electron chi connectivity index (χ4n) is 3.43. The van der Waals surface area contributed by atoms with Gasteiger partial charge in [0.05, 0.1) is 0 Å². The van der Waals surface area contributed by atoms with Crippen LogP contribution in [0.5, 0.6) is 0 Å². The maximum Gasteiger partial charge on any atom is 0.00957 e. The van der Waals surface area contributed by atoms with Gasteiger partial charge in [-0.2, -0.15) is 0 Å². The van der Waals surface area contributed by atoms with E-state index in [4.69, 9.17) is 0 Å². The first-order valence-corrected chi connectivity index (χ1v) is 8.83. The lowest BCUT2D eigenvalue weighted by atomic mass is 9.81. The van der Waals surface area contributed by atoms with Crippen LogP contribution in [0, 0.1) is 5.41 Å². The van der Waals surface area contributed by atoms with Crippen LogP contribution in [0.1, 0.15) is 91.9 Å². The summed E-state index contributed by atoms with van der Waals surface area (Å²) in [5.41, 5.74) is 0.589. The van der Waals surface area contributed by atoms with Crippen LogP contribution >= 0.6 is 0 Å². The van der Waals surface area contributed by atoms with E-state index in [1.165, 1.54) is 77.3 Å². The highest BCUT2D eigenvalue weighted by Crippen LogP contribution is 2.33. The van der Waals surface area contributed by atoms with Crippen molar-refractivity contribution in [1.82, 2.24) is 4.90 Å². The van der Waals surface area contributed by atoms with Gasteiger partial charge in [-0.15, -0.1) is 0 Å². The Kier molecular flexibility index (Phi) is 8.06. The van der Waals surface area contributed by atoms with Gasteiger partial charge in [0.2, 0.25) is 0 Å². The number of unbranched alkanes of at least 4 members (excludes halogenated alkanes) is 6. The molecule has 1 nitrogen and oxygen atoms in total. The molecule has 0 N–H and O–H groups in total. The lowest BCUT2D eigenvalue weighted by Crippen LogP contribution is -2.57. The zero-order chi connectivity index (χ0) is 14.1. The van der Waals surface area contributed by atoms with Gasteiger partial charge in [-0.3, -0.25) is 4.90 Å². The van der Waals surface area contributed by atoms with E-state index in [-0.39, 0.29) is 0 Å². The van der Waals surface area contributed by atoms with Crippen molar-refractivity contribution in [3.8, 4) is 0 Å². The molecule has 1 heteroatoms. The van der Waals surface area contributed by atoms with E-state index in [0.717, 1.165) is 6.04 Å². The molecule has 19 heavy (non-hydrogen) atoms. The van der Waals surface area contributed by atoms with Crippen LogP contribution in [0.2, 0.25) is 0 Å². The van der Waals surface area contributed by atoms with Gasteiger partial charge in [-0.1, -0.05) is 79.1 Å². The Hall–Kier alpha value is -0.0400. The molecule has 1 aliphatic rings. The third-order valence-electron chi connectivity index (χ3n) is 4.56. The first-order chi connectivity index (χ1) is 9.09. The van der Waals surface area contributed by atoms with Gasteiger partial charge in [-0.05, 0) is 18.3 Å². The minimum absolute atomic E-state index is 0.589. The molecule has 0 aromatic carbocycles. The van der Waals surface area contributed by atoms with Crippen molar-refractivity contribution in [2.24, 2.45) is 5.41 Å². The van der Waals surface area contributed by atoms with Crippen molar-refractivity contribution in [2.45, 2.75) is 97.9 Å². The van der Waals surface area contributed by atoms with Gasteiger partial charge < -0.3 is 0 Å². The average molecular weight is 268 g/mol. The quantitative estimate of drug-likeness (QED) is 0.438. The van der Waals surface area contributed by atoms with Crippen LogP contribution in [-0.4, -0.2) is 24.0 Å². The van der Waals surface area contributed by atoms with Crippen LogP contribution in [0.4, 0.5) is 0 Å². The summed E-state index contributed by atoms with van der Waals surface area (Å²) in [7, 11) is 0. The fraction of sp³-hybridized carbons (Fsp3) is 1.00. The molecule has 0 saturated carbocycles. The second-order valence-corrected chi connectivity index (χ2v) is 7.42. The second-order valence-electron chi connectivity index (χ2n) is 7.42. The predicted octanol–water partition coefficient (Wildman–Crippen LogP) is 5.64. The largest absolute Gasteiger partial charge is 0.299 e. The zero-order valence-electron chi connectivity index (χ0n) is 14.0. The molecular weight excluding hydrogens is 230 g/mol. The normalized spacial score (nSPS) is 20.2. The first kappa shape index (κ1) is 17.0. The lowest BCUT2D eigenvalue weighted by molar-refractivity contribution is -0.0129. The Morgan fingerprint density at radius 3 is 1.79 bits per heavy atom. The minimum Gasteiger partial charge on any atom is -0.299 e. The Morgan fingerprint density at radius 1 is 0.789 bits per heavy atom. The van der Waals surface area contributed by atoms with Crippen LogP contribution in [0.15, 0.2) is 0 Å². The molecule has 1 saturated heterocycles. The summed E-state index contributed by atoms with van der Waals surface area (Å²) in [4.78, 5) is 2.76. The van der Waals surface area contributed by atoms with E-state index >= 15 is 0 Å². The third-order valence-corrected chi connectivity index (χ3v) is 4.56. The topological polar surface area (TPSA) is 3.24 Å². The summed E-state index contributed by atoms with van der Waals surface area (Å²) in [5, 5.41) is 0. The molecular formula is C18H37N. The molecule has 0 bridgehead atoms. The predicted molar refractivity (Wildman–Crippen MR) is 86.7 cm³/mol. The average Bonchev–Trinajstić information content (AvgIpc) is 2.33. The molecule has 1 unspecified atom stereocenters. The number of hydrogen-bond donors (Lipinski definition) is 0. The minimum atomic E-state index is 0.589. The number of rotatable bonds is 11. The fourth-order valence-corrected chi connectivity index (χ4v) is 3.43. The molecule has 1 heterocycles. The molecule has 0 spiro atoms. The van der Waals surface area contributed by atoms with Crippen LogP contribution in [0.25, 0.3) is 0 Å². The van der Waals surface area contributed by atoms with Crippen LogP contribution in [-0.2, 0) is 0 Å². The Morgan fingerprint density at radius 2 is 1.26 bits per heavy atom. The summed E-state index contributed by atoms with van der Waals surface area (Å²) in [6.07, 6.45) is 14.2. The number of hydrogen-bond acceptors (Lipinski definition) is 1. The molecule has 114 valence electrons. The second kappa shape index (κ2) is 9.00. The van der Waals surface area contributed by atoms with Gasteiger partial charge in [0.25, 0.3) is 0 Å². The van der Waals surface area contributed by atoms with Crippen LogP contribution < -0.4 is 0 Å². The first-order valence-electron chi connectivity index (χ1n) is 8.83. The van der Waals surface area contributed by atoms with Crippen molar-refractivity contribution >= 4 is 0 Å². The summed E-state index contributed by atoms with van der Waals surface area (Å²) in [5.74, 6) is 0. The summed E-state index contributed by atoms with van der Waals surface area (Å²) >= 11 is 0. The highest BCUT2D eigenvalue weighted by Gasteiger charge is 2.37. The van der Waals surface area contributed by atoms with Gasteiger partial charge in [-0.25, -0.2) is 0 Å². The van der Waals surface area contributed by atoms with Gasteiger partial charge in [0.15, 0.2) is 0 Å². The lowest BCUT2D eigenvalue weighted by Gasteiger charge is -2.50. The highest BCUT2D eigenvalue weighted by atomic mass is 15.2. The Bertz CT molecular complexity index is 214. The van der Waals surface area contributed by atoms with Gasteiger partial charge in [0, 0.05) is 19.1 Å². The maximum absolute atomic E-state index is 2.76. The van der Waals surface area contributed by atoms with E-state index in [0.29, 0.717) is 5.41 Å². The van der Waals surface area contributed by atoms with E-state index < -0.39 is 0 Å². The molecule has 1 fully saturated rings. The standard InChI is InChI=1S/C18H37N/c1-5-7-9-10-12-14-17(13-11-8-6-2)19-15-18(3,4)16-19/h17H,5-16H2,1-4H3. The smallest absolute Gasteiger partial charge is 0.00957 e. The summed E-state index contributed by atoms with van der Waals surface area (Å²) < 4.78 is 0. The van der Waals surface area contributed by atoms with Crippen molar-refractivity contribution in [3.05, 3.63) is 0 Å². The summed E-state index contributed by atoms with van der Waals surface area (Å²) in [6.45, 7) is 12.1. The van der Waals surface area contributed by atoms with Crippen LogP contribution in [0.3, 0.4) is 0 Å². The monoisotopic (exact) mass is 267 g/mol. The molecule has 0 aromatic rings. The van der Waals surface area contributed by atoms with E-state index in [1.807, 2.05) is 0 Å². The molecule has 1 atom stereocenters. The van der Waals surface area contributed by atoms with Gasteiger partial charge in [0.1, 0.15) is 0 Å². The van der Waals surface area contributed by atoms with E-state index in [2.05, 4.69) is 32.6 Å². The van der Waals surface area contributed by atoms with Crippen molar-refractivity contribution in [3.63, 3.8) is 0 Å². The molecule has 0 radical (unpaired) electrons. The SMILES string of the molecule is CCCCCCCC(CCCCC)N1CC(C)(C)C1. The van der Waals surface area contributed by atoms with Crippen molar-refractivity contribution in [2.75, 3.05) is 13.1 Å². The van der Waals surface area contributed by atoms with E-state index in [9.17, 15) is 0 Å². The third kappa shape index (κ3) is 6.79. The van der Waals surface area contributed by atoms with E-state index in [1.54, 1.807) is 0 Å². The molecule has 0 aromatic heterocycles. The highest BCUT2D eigenvalue weighted by molar-refractivity contribution is 4.91. The summed E-state index contributed by atoms with van der Waals surface area (Å²) in [6, 6.07) is 0.890. The molecule has 0 amide bonds. The molecule has 1 aliphatic heterocycles.